The number of aliphatic imine (C=N–C) groups is 1. The normalized spacial score (nSPS) is 20.1. The first-order chi connectivity index (χ1) is 13.5. The summed E-state index contributed by atoms with van der Waals surface area (Å²) in [5.74, 6) is 0.847. The molecule has 1 aromatic heterocycles. The Labute approximate surface area is 169 Å². The zero-order valence-electron chi connectivity index (χ0n) is 18.2. The molecule has 0 amide bonds. The number of ether oxygens (including phenoxy) is 1. The maximum absolute atomic E-state index is 11.9. The van der Waals surface area contributed by atoms with Crippen LogP contribution in [-0.2, 0) is 36.0 Å². The minimum Gasteiger partial charge on any atom is -0.466 e. The molecule has 1 saturated carbocycles. The van der Waals surface area contributed by atoms with Crippen LogP contribution in [0.5, 0.6) is 0 Å². The zero-order chi connectivity index (χ0) is 20.5. The molecular weight excluding hydrogens is 354 g/mol. The fraction of sp³-hybridized carbons (Fsp3) is 0.762. The number of nitrogens with one attached hydrogen (secondary N) is 2. The number of hydrogen-bond donors (Lipinski definition) is 2. The molecule has 0 unspecified atom stereocenters. The van der Waals surface area contributed by atoms with E-state index in [0.29, 0.717) is 19.2 Å². The Morgan fingerprint density at radius 3 is 2.46 bits per heavy atom. The molecule has 7 nitrogen and oxygen atoms in total. The molecule has 1 aromatic rings. The van der Waals surface area contributed by atoms with Gasteiger partial charge in [0.2, 0.25) is 0 Å². The Hall–Kier alpha value is -2.05. The molecule has 1 aliphatic carbocycles. The summed E-state index contributed by atoms with van der Waals surface area (Å²) in [5, 5.41) is 11.6. The first-order valence-corrected chi connectivity index (χ1v) is 10.8. The summed E-state index contributed by atoms with van der Waals surface area (Å²) in [5.41, 5.74) is 3.64. The Morgan fingerprint density at radius 2 is 1.89 bits per heavy atom. The quantitative estimate of drug-likeness (QED) is 0.405. The average Bonchev–Trinajstić information content (AvgIpc) is 3.01. The molecule has 0 aromatic carbocycles. The standard InChI is InChI=1S/C21H37N5O2/c1-6-18-17(19(7-2)26(5)25-18)14-23-21(22-8-3)24-16-12-10-15(11-13-16)20(27)28-9-4/h15-16H,6-14H2,1-5H3,(H2,22,23,24). The summed E-state index contributed by atoms with van der Waals surface area (Å²) in [6, 6.07) is 0.341. The maximum atomic E-state index is 11.9. The monoisotopic (exact) mass is 391 g/mol. The van der Waals surface area contributed by atoms with Gasteiger partial charge >= 0.3 is 5.97 Å². The molecular formula is C21H37N5O2. The van der Waals surface area contributed by atoms with Crippen molar-refractivity contribution in [2.75, 3.05) is 13.2 Å². The number of carbonyl (C=O) groups excluding carboxylic acids is 1. The van der Waals surface area contributed by atoms with E-state index in [0.717, 1.165) is 56.7 Å². The highest BCUT2D eigenvalue weighted by molar-refractivity contribution is 5.80. The smallest absolute Gasteiger partial charge is 0.308 e. The van der Waals surface area contributed by atoms with Crippen molar-refractivity contribution in [1.82, 2.24) is 20.4 Å². The van der Waals surface area contributed by atoms with Crippen LogP contribution in [0.25, 0.3) is 0 Å². The van der Waals surface area contributed by atoms with Gasteiger partial charge in [-0.05, 0) is 52.4 Å². The Bertz CT molecular complexity index is 660. The zero-order valence-corrected chi connectivity index (χ0v) is 18.2. The van der Waals surface area contributed by atoms with Gasteiger partial charge < -0.3 is 15.4 Å². The minimum atomic E-state index is -0.0442. The van der Waals surface area contributed by atoms with Crippen LogP contribution in [-0.4, -0.2) is 40.9 Å². The van der Waals surface area contributed by atoms with E-state index >= 15 is 0 Å². The number of rotatable bonds is 8. The van der Waals surface area contributed by atoms with Crippen molar-refractivity contribution in [3.8, 4) is 0 Å². The molecule has 1 heterocycles. The molecule has 1 aliphatic rings. The topological polar surface area (TPSA) is 80.5 Å². The van der Waals surface area contributed by atoms with E-state index in [1.165, 1.54) is 11.3 Å². The van der Waals surface area contributed by atoms with Gasteiger partial charge in [0.25, 0.3) is 0 Å². The summed E-state index contributed by atoms with van der Waals surface area (Å²) in [6.07, 6.45) is 5.54. The fourth-order valence-corrected chi connectivity index (χ4v) is 3.98. The van der Waals surface area contributed by atoms with Gasteiger partial charge in [-0.1, -0.05) is 13.8 Å². The Balaban J connectivity index is 2.00. The molecule has 0 spiro atoms. The molecule has 0 aliphatic heterocycles. The van der Waals surface area contributed by atoms with E-state index in [1.807, 2.05) is 18.7 Å². The summed E-state index contributed by atoms with van der Waals surface area (Å²) >= 11 is 0. The average molecular weight is 392 g/mol. The van der Waals surface area contributed by atoms with Crippen molar-refractivity contribution in [3.05, 3.63) is 17.0 Å². The fourth-order valence-electron chi connectivity index (χ4n) is 3.98. The van der Waals surface area contributed by atoms with E-state index in [4.69, 9.17) is 9.73 Å². The number of aryl methyl sites for hydroxylation is 2. The van der Waals surface area contributed by atoms with E-state index in [-0.39, 0.29) is 11.9 Å². The second-order valence-electron chi connectivity index (χ2n) is 7.34. The first kappa shape index (κ1) is 22.2. The van der Waals surface area contributed by atoms with Gasteiger partial charge in [0, 0.05) is 30.9 Å². The lowest BCUT2D eigenvalue weighted by molar-refractivity contribution is -0.149. The number of guanidine groups is 1. The van der Waals surface area contributed by atoms with Crippen LogP contribution in [0.15, 0.2) is 4.99 Å². The number of carbonyl (C=O) groups is 1. The first-order valence-electron chi connectivity index (χ1n) is 10.8. The molecule has 28 heavy (non-hydrogen) atoms. The second kappa shape index (κ2) is 11.1. The minimum absolute atomic E-state index is 0.0442. The van der Waals surface area contributed by atoms with Crippen molar-refractivity contribution in [3.63, 3.8) is 0 Å². The van der Waals surface area contributed by atoms with Crippen molar-refractivity contribution in [1.29, 1.82) is 0 Å². The maximum Gasteiger partial charge on any atom is 0.308 e. The molecule has 2 N–H and O–H groups in total. The van der Waals surface area contributed by atoms with Gasteiger partial charge in [0.1, 0.15) is 0 Å². The van der Waals surface area contributed by atoms with Crippen molar-refractivity contribution < 1.29 is 9.53 Å². The van der Waals surface area contributed by atoms with Crippen LogP contribution < -0.4 is 10.6 Å². The summed E-state index contributed by atoms with van der Waals surface area (Å²) in [7, 11) is 2.01. The lowest BCUT2D eigenvalue weighted by atomic mass is 9.86. The molecule has 158 valence electrons. The van der Waals surface area contributed by atoms with E-state index in [9.17, 15) is 4.79 Å². The van der Waals surface area contributed by atoms with Gasteiger partial charge in [-0.3, -0.25) is 9.48 Å². The van der Waals surface area contributed by atoms with Crippen LogP contribution in [0.3, 0.4) is 0 Å². The van der Waals surface area contributed by atoms with Crippen LogP contribution >= 0.6 is 0 Å². The van der Waals surface area contributed by atoms with Crippen molar-refractivity contribution in [2.45, 2.75) is 78.8 Å². The van der Waals surface area contributed by atoms with Crippen molar-refractivity contribution >= 4 is 11.9 Å². The van der Waals surface area contributed by atoms with E-state index in [1.54, 1.807) is 0 Å². The Morgan fingerprint density at radius 1 is 1.18 bits per heavy atom. The highest BCUT2D eigenvalue weighted by Gasteiger charge is 2.27. The van der Waals surface area contributed by atoms with Gasteiger partial charge in [-0.2, -0.15) is 5.10 Å². The lowest BCUT2D eigenvalue weighted by Gasteiger charge is -2.29. The lowest BCUT2D eigenvalue weighted by Crippen LogP contribution is -2.45. The van der Waals surface area contributed by atoms with Gasteiger partial charge in [-0.15, -0.1) is 0 Å². The second-order valence-corrected chi connectivity index (χ2v) is 7.34. The largest absolute Gasteiger partial charge is 0.466 e. The number of aromatic nitrogens is 2. The molecule has 1 fully saturated rings. The van der Waals surface area contributed by atoms with Gasteiger partial charge in [-0.25, -0.2) is 4.99 Å². The van der Waals surface area contributed by atoms with Crippen LogP contribution in [0.4, 0.5) is 0 Å². The molecule has 0 atom stereocenters. The predicted molar refractivity (Wildman–Crippen MR) is 112 cm³/mol. The highest BCUT2D eigenvalue weighted by Crippen LogP contribution is 2.25. The summed E-state index contributed by atoms with van der Waals surface area (Å²) < 4.78 is 7.15. The SMILES string of the molecule is CCNC(=NCc1c(CC)nn(C)c1CC)NC1CCC(C(=O)OCC)CC1. The Kier molecular flexibility index (Phi) is 8.80. The third kappa shape index (κ3) is 5.72. The predicted octanol–water partition coefficient (Wildman–Crippen LogP) is 2.72. The van der Waals surface area contributed by atoms with E-state index < -0.39 is 0 Å². The third-order valence-electron chi connectivity index (χ3n) is 5.46. The van der Waals surface area contributed by atoms with Crippen molar-refractivity contribution in [2.24, 2.45) is 18.0 Å². The van der Waals surface area contributed by atoms with Crippen LogP contribution in [0.1, 0.15) is 70.3 Å². The molecule has 0 bridgehead atoms. The number of hydrogen-bond acceptors (Lipinski definition) is 4. The third-order valence-corrected chi connectivity index (χ3v) is 5.46. The number of esters is 1. The molecule has 7 heteroatoms. The van der Waals surface area contributed by atoms with E-state index in [2.05, 4.69) is 36.5 Å². The summed E-state index contributed by atoms with van der Waals surface area (Å²) in [6.45, 7) is 10.2. The molecule has 2 rings (SSSR count). The van der Waals surface area contributed by atoms with Crippen LogP contribution in [0, 0.1) is 5.92 Å². The molecule has 0 saturated heterocycles. The van der Waals surface area contributed by atoms with Gasteiger partial charge in [0.15, 0.2) is 5.96 Å². The molecule has 0 radical (unpaired) electrons. The van der Waals surface area contributed by atoms with Crippen LogP contribution in [0.2, 0.25) is 0 Å². The number of nitrogens with zero attached hydrogens (tertiary/aromatic N) is 3. The highest BCUT2D eigenvalue weighted by atomic mass is 16.5. The summed E-state index contributed by atoms with van der Waals surface area (Å²) in [4.78, 5) is 16.8. The van der Waals surface area contributed by atoms with Gasteiger partial charge in [0.05, 0.1) is 24.8 Å².